The zero-order valence-electron chi connectivity index (χ0n) is 7.20. The van der Waals surface area contributed by atoms with Crippen molar-refractivity contribution in [3.05, 3.63) is 0 Å². The lowest BCUT2D eigenvalue weighted by molar-refractivity contribution is -0.294. The lowest BCUT2D eigenvalue weighted by Crippen LogP contribution is -2.58. The normalized spacial score (nSPS) is 46.4. The maximum absolute atomic E-state index is 9.28. The van der Waals surface area contributed by atoms with Gasteiger partial charge in [-0.3, -0.25) is 0 Å². The quantitative estimate of drug-likeness (QED) is 0.386. The third-order valence-corrected chi connectivity index (χ3v) is 2.08. The molecule has 0 aromatic heterocycles. The van der Waals surface area contributed by atoms with Crippen molar-refractivity contribution >= 4 is 0 Å². The lowest BCUT2D eigenvalue weighted by Gasteiger charge is -2.38. The van der Waals surface area contributed by atoms with Crippen LogP contribution in [0.25, 0.3) is 0 Å². The maximum Gasteiger partial charge on any atom is 0.186 e. The number of hydrogen-bond donors (Lipinski definition) is 4. The molecule has 1 aliphatic rings. The molecule has 6 heteroatoms. The highest BCUT2D eigenvalue weighted by Gasteiger charge is 2.43. The summed E-state index contributed by atoms with van der Waals surface area (Å²) >= 11 is 0. The molecule has 1 aliphatic heterocycles. The van der Waals surface area contributed by atoms with Gasteiger partial charge in [0.1, 0.15) is 24.4 Å². The van der Waals surface area contributed by atoms with Crippen LogP contribution in [0.1, 0.15) is 0 Å². The van der Waals surface area contributed by atoms with E-state index in [1.807, 2.05) is 0 Å². The van der Waals surface area contributed by atoms with E-state index in [-0.39, 0.29) is 0 Å². The first-order valence-corrected chi connectivity index (χ1v) is 3.95. The summed E-state index contributed by atoms with van der Waals surface area (Å²) in [5, 5.41) is 36.6. The second-order valence-corrected chi connectivity index (χ2v) is 2.93. The fraction of sp³-hybridized carbons (Fsp3) is 1.00. The van der Waals surface area contributed by atoms with E-state index in [0.717, 1.165) is 0 Å². The number of aliphatic hydroxyl groups is 4. The third-order valence-electron chi connectivity index (χ3n) is 2.08. The van der Waals surface area contributed by atoms with Gasteiger partial charge in [0.15, 0.2) is 6.29 Å². The average Bonchev–Trinajstić information content (AvgIpc) is 2.15. The standard InChI is InChI=1S/C7H14O6/c1-12-7-6(11)5(10)4(9)3(2-8)13-7/h3-11H,2H2,1H3/t3-,4-,5-,6+,7?/m1/s1. The summed E-state index contributed by atoms with van der Waals surface area (Å²) in [6.07, 6.45) is -5.91. The first-order valence-electron chi connectivity index (χ1n) is 3.95. The van der Waals surface area contributed by atoms with E-state index >= 15 is 0 Å². The third kappa shape index (κ3) is 1.98. The number of hydrogen-bond acceptors (Lipinski definition) is 6. The van der Waals surface area contributed by atoms with Crippen molar-refractivity contribution in [3.8, 4) is 0 Å². The summed E-state index contributed by atoms with van der Waals surface area (Å²) in [7, 11) is 1.30. The Labute approximate surface area is 75.3 Å². The van der Waals surface area contributed by atoms with Crippen molar-refractivity contribution in [1.29, 1.82) is 0 Å². The fourth-order valence-corrected chi connectivity index (χ4v) is 1.26. The lowest BCUT2D eigenvalue weighted by atomic mass is 9.99. The highest BCUT2D eigenvalue weighted by atomic mass is 16.7. The molecule has 0 amide bonds. The Morgan fingerprint density at radius 2 is 1.77 bits per heavy atom. The molecule has 1 fully saturated rings. The molecule has 0 saturated carbocycles. The SMILES string of the molecule is COC1O[C@H](CO)[C@@H](O)[C@@H](O)[C@@H]1O. The second-order valence-electron chi connectivity index (χ2n) is 2.93. The summed E-state index contributed by atoms with van der Waals surface area (Å²) in [6.45, 7) is -0.440. The number of aliphatic hydroxyl groups excluding tert-OH is 4. The van der Waals surface area contributed by atoms with Crippen LogP contribution in [0.3, 0.4) is 0 Å². The Morgan fingerprint density at radius 3 is 2.23 bits per heavy atom. The monoisotopic (exact) mass is 194 g/mol. The average molecular weight is 194 g/mol. The van der Waals surface area contributed by atoms with E-state index in [1.54, 1.807) is 0 Å². The molecule has 0 aliphatic carbocycles. The van der Waals surface area contributed by atoms with Gasteiger partial charge in [-0.2, -0.15) is 0 Å². The largest absolute Gasteiger partial charge is 0.394 e. The van der Waals surface area contributed by atoms with E-state index in [0.29, 0.717) is 0 Å². The molecule has 13 heavy (non-hydrogen) atoms. The van der Waals surface area contributed by atoms with Gasteiger partial charge in [-0.1, -0.05) is 0 Å². The molecule has 1 unspecified atom stereocenters. The van der Waals surface area contributed by atoms with Crippen LogP contribution in [0.15, 0.2) is 0 Å². The molecule has 1 saturated heterocycles. The van der Waals surface area contributed by atoms with E-state index in [9.17, 15) is 15.3 Å². The van der Waals surface area contributed by atoms with E-state index in [4.69, 9.17) is 14.6 Å². The smallest absolute Gasteiger partial charge is 0.186 e. The van der Waals surface area contributed by atoms with Gasteiger partial charge in [-0.05, 0) is 0 Å². The minimum absolute atomic E-state index is 0.440. The molecule has 4 N–H and O–H groups in total. The maximum atomic E-state index is 9.28. The molecular weight excluding hydrogens is 180 g/mol. The molecule has 1 heterocycles. The highest BCUT2D eigenvalue weighted by Crippen LogP contribution is 2.20. The second kappa shape index (κ2) is 4.32. The molecule has 0 aromatic rings. The van der Waals surface area contributed by atoms with Gasteiger partial charge in [0.2, 0.25) is 0 Å². The van der Waals surface area contributed by atoms with Crippen molar-refractivity contribution in [2.45, 2.75) is 30.7 Å². The van der Waals surface area contributed by atoms with Crippen LogP contribution >= 0.6 is 0 Å². The molecule has 0 radical (unpaired) electrons. The van der Waals surface area contributed by atoms with Crippen molar-refractivity contribution in [1.82, 2.24) is 0 Å². The molecular formula is C7H14O6. The first-order chi connectivity index (χ1) is 6.11. The molecule has 78 valence electrons. The molecule has 1 rings (SSSR count). The van der Waals surface area contributed by atoms with Gasteiger partial charge in [0, 0.05) is 7.11 Å². The highest BCUT2D eigenvalue weighted by molar-refractivity contribution is 4.88. The van der Waals surface area contributed by atoms with E-state index in [2.05, 4.69) is 0 Å². The van der Waals surface area contributed by atoms with Crippen LogP contribution in [-0.2, 0) is 9.47 Å². The van der Waals surface area contributed by atoms with Gasteiger partial charge >= 0.3 is 0 Å². The van der Waals surface area contributed by atoms with Gasteiger partial charge in [-0.15, -0.1) is 0 Å². The predicted molar refractivity (Wildman–Crippen MR) is 40.8 cm³/mol. The Balaban J connectivity index is 2.66. The number of methoxy groups -OCH3 is 1. The van der Waals surface area contributed by atoms with Crippen molar-refractivity contribution < 1.29 is 29.9 Å². The van der Waals surface area contributed by atoms with Gasteiger partial charge in [-0.25, -0.2) is 0 Å². The summed E-state index contributed by atoms with van der Waals surface area (Å²) in [5.74, 6) is 0. The molecule has 5 atom stereocenters. The van der Waals surface area contributed by atoms with Crippen LogP contribution in [0, 0.1) is 0 Å². The summed E-state index contributed by atoms with van der Waals surface area (Å²) in [5.41, 5.74) is 0. The number of rotatable bonds is 2. The Morgan fingerprint density at radius 1 is 1.15 bits per heavy atom. The van der Waals surface area contributed by atoms with Crippen LogP contribution in [0.5, 0.6) is 0 Å². The Kier molecular flexibility index (Phi) is 3.60. The fourth-order valence-electron chi connectivity index (χ4n) is 1.26. The van der Waals surface area contributed by atoms with Gasteiger partial charge in [0.25, 0.3) is 0 Å². The first kappa shape index (κ1) is 10.8. The minimum atomic E-state index is -1.36. The van der Waals surface area contributed by atoms with E-state index < -0.39 is 37.3 Å². The molecule has 6 nitrogen and oxygen atoms in total. The summed E-state index contributed by atoms with van der Waals surface area (Å²) in [4.78, 5) is 0. The number of ether oxygens (including phenoxy) is 2. The van der Waals surface area contributed by atoms with Crippen LogP contribution in [0.4, 0.5) is 0 Å². The molecule has 0 spiro atoms. The van der Waals surface area contributed by atoms with Gasteiger partial charge in [0.05, 0.1) is 6.61 Å². The summed E-state index contributed by atoms with van der Waals surface area (Å²) in [6, 6.07) is 0. The zero-order chi connectivity index (χ0) is 10.0. The molecule has 0 aromatic carbocycles. The van der Waals surface area contributed by atoms with Crippen molar-refractivity contribution in [3.63, 3.8) is 0 Å². The Hall–Kier alpha value is -0.240. The van der Waals surface area contributed by atoms with Crippen molar-refractivity contribution in [2.75, 3.05) is 13.7 Å². The molecule has 0 bridgehead atoms. The van der Waals surface area contributed by atoms with E-state index in [1.165, 1.54) is 7.11 Å². The summed E-state index contributed by atoms with van der Waals surface area (Å²) < 4.78 is 9.65. The topological polar surface area (TPSA) is 99.4 Å². The van der Waals surface area contributed by atoms with Crippen LogP contribution in [0.2, 0.25) is 0 Å². The minimum Gasteiger partial charge on any atom is -0.394 e. The zero-order valence-corrected chi connectivity index (χ0v) is 7.20. The van der Waals surface area contributed by atoms with Gasteiger partial charge < -0.3 is 29.9 Å². The Bertz CT molecular complexity index is 143. The van der Waals surface area contributed by atoms with Crippen molar-refractivity contribution in [2.24, 2.45) is 0 Å². The van der Waals surface area contributed by atoms with Crippen LogP contribution in [-0.4, -0.2) is 64.8 Å². The van der Waals surface area contributed by atoms with Crippen LogP contribution < -0.4 is 0 Å². The predicted octanol–water partition coefficient (Wildman–Crippen LogP) is -2.57.